The lowest BCUT2D eigenvalue weighted by molar-refractivity contribution is 0.556. The third-order valence-corrected chi connectivity index (χ3v) is 4.53. The van der Waals surface area contributed by atoms with Crippen LogP contribution in [-0.4, -0.2) is 9.97 Å². The van der Waals surface area contributed by atoms with Gasteiger partial charge in [-0.3, -0.25) is 9.97 Å². The van der Waals surface area contributed by atoms with Gasteiger partial charge in [-0.1, -0.05) is 88.3 Å². The molecule has 0 spiro atoms. The summed E-state index contributed by atoms with van der Waals surface area (Å²) in [5.41, 5.74) is 5.33. The minimum atomic E-state index is 0.149. The molecule has 0 amide bonds. The molecule has 0 radical (unpaired) electrons. The van der Waals surface area contributed by atoms with E-state index in [4.69, 9.17) is 0 Å². The minimum Gasteiger partial charge on any atom is -0.260 e. The maximum Gasteiger partial charge on any atom is 0.0460 e. The molecule has 2 aromatic rings. The second-order valence-electron chi connectivity index (χ2n) is 10.8. The van der Waals surface area contributed by atoms with Gasteiger partial charge in [-0.15, -0.1) is 0 Å². The monoisotopic (exact) mass is 368 g/mol. The molecule has 0 fully saturated rings. The molecule has 150 valence electrons. The van der Waals surface area contributed by atoms with Crippen LogP contribution in [0.2, 0.25) is 0 Å². The Morgan fingerprint density at radius 1 is 0.667 bits per heavy atom. The van der Waals surface area contributed by atoms with E-state index in [1.54, 1.807) is 0 Å². The summed E-state index contributed by atoms with van der Waals surface area (Å²) in [5.74, 6) is 0.516. The minimum absolute atomic E-state index is 0.149. The Kier molecular flexibility index (Phi) is 7.38. The normalized spacial score (nSPS) is 12.6. The van der Waals surface area contributed by atoms with Gasteiger partial charge in [-0.05, 0) is 35.1 Å². The summed E-state index contributed by atoms with van der Waals surface area (Å²) in [6, 6.07) is 10.6. The molecule has 27 heavy (non-hydrogen) atoms. The van der Waals surface area contributed by atoms with Gasteiger partial charge in [0.15, 0.2) is 0 Å². The van der Waals surface area contributed by atoms with Crippen LogP contribution in [0.5, 0.6) is 0 Å². The van der Waals surface area contributed by atoms with Crippen LogP contribution in [0.25, 0.3) is 0 Å². The number of aromatic nitrogens is 2. The second kappa shape index (κ2) is 8.54. The molecule has 2 heterocycles. The van der Waals surface area contributed by atoms with Crippen molar-refractivity contribution in [3.8, 4) is 0 Å². The Hall–Kier alpha value is -1.70. The molecule has 0 aliphatic rings. The van der Waals surface area contributed by atoms with Gasteiger partial charge in [0.1, 0.15) is 0 Å². The molecule has 0 aliphatic carbocycles. The lowest BCUT2D eigenvalue weighted by Crippen LogP contribution is -2.16. The molecule has 0 saturated carbocycles. The van der Waals surface area contributed by atoms with Gasteiger partial charge < -0.3 is 0 Å². The summed E-state index contributed by atoms with van der Waals surface area (Å²) in [6.07, 6.45) is 2.00. The lowest BCUT2D eigenvalue weighted by Gasteiger charge is -2.22. The molecule has 2 nitrogen and oxygen atoms in total. The quantitative estimate of drug-likeness (QED) is 0.533. The topological polar surface area (TPSA) is 25.8 Å². The van der Waals surface area contributed by atoms with Crippen molar-refractivity contribution in [3.05, 3.63) is 59.2 Å². The molecule has 2 heteroatoms. The van der Waals surface area contributed by atoms with Gasteiger partial charge in [0.2, 0.25) is 0 Å². The zero-order chi connectivity index (χ0) is 21.0. The van der Waals surface area contributed by atoms with Gasteiger partial charge in [0.25, 0.3) is 0 Å². The summed E-state index contributed by atoms with van der Waals surface area (Å²) in [4.78, 5) is 9.16. The molecule has 2 rings (SSSR count). The Bertz CT molecular complexity index is 673. The Balaban J connectivity index is 0.000000271. The number of hydrogen-bond donors (Lipinski definition) is 0. The summed E-state index contributed by atoms with van der Waals surface area (Å²) < 4.78 is 0. The molecule has 0 bridgehead atoms. The fourth-order valence-corrected chi connectivity index (χ4v) is 2.47. The lowest BCUT2D eigenvalue weighted by atomic mass is 9.86. The number of hydrogen-bond acceptors (Lipinski definition) is 2. The maximum absolute atomic E-state index is 4.64. The predicted molar refractivity (Wildman–Crippen MR) is 119 cm³/mol. The van der Waals surface area contributed by atoms with E-state index < -0.39 is 0 Å². The van der Waals surface area contributed by atoms with Crippen LogP contribution in [0.1, 0.15) is 105 Å². The van der Waals surface area contributed by atoms with Crippen molar-refractivity contribution >= 4 is 0 Å². The molecule has 0 saturated heterocycles. The molecule has 0 unspecified atom stereocenters. The average Bonchev–Trinajstić information content (AvgIpc) is 2.53. The van der Waals surface area contributed by atoms with E-state index in [1.165, 1.54) is 17.0 Å². The van der Waals surface area contributed by atoms with E-state index in [0.717, 1.165) is 5.69 Å². The van der Waals surface area contributed by atoms with Crippen LogP contribution < -0.4 is 0 Å². The van der Waals surface area contributed by atoms with Crippen LogP contribution in [-0.2, 0) is 16.2 Å². The molecule has 2 aromatic heterocycles. The van der Waals surface area contributed by atoms with Crippen molar-refractivity contribution in [1.82, 2.24) is 9.97 Å². The zero-order valence-corrected chi connectivity index (χ0v) is 19.4. The van der Waals surface area contributed by atoms with Crippen molar-refractivity contribution < 1.29 is 0 Å². The van der Waals surface area contributed by atoms with Crippen molar-refractivity contribution in [1.29, 1.82) is 0 Å². The van der Waals surface area contributed by atoms with Crippen LogP contribution in [0.3, 0.4) is 0 Å². The van der Waals surface area contributed by atoms with E-state index in [9.17, 15) is 0 Å². The predicted octanol–water partition coefficient (Wildman–Crippen LogP) is 7.18. The molecule has 0 aliphatic heterocycles. The van der Waals surface area contributed by atoms with E-state index in [0.29, 0.717) is 5.92 Å². The molecular weight excluding hydrogens is 328 g/mol. The SMILES string of the molecule is CC(C)(C)c1ccc(C(C)(C)C)nc1.CC(C)c1cccc(C(C)(C)C)n1. The standard InChI is InChI=1S/C13H21N.C12H19N/c1-12(2,3)10-7-8-11(14-9-10)13(4,5)6;1-9(2)10-7-6-8-11(13-10)12(3,4)5/h7-9H,1-6H3;6-9H,1-5H3. The number of nitrogens with zero attached hydrogens (tertiary/aromatic N) is 2. The molecule has 0 aromatic carbocycles. The Morgan fingerprint density at radius 2 is 1.22 bits per heavy atom. The van der Waals surface area contributed by atoms with Crippen molar-refractivity contribution in [3.63, 3.8) is 0 Å². The highest BCUT2D eigenvalue weighted by Gasteiger charge is 2.18. The molecule has 0 N–H and O–H groups in total. The maximum atomic E-state index is 4.64. The first kappa shape index (κ1) is 23.3. The first-order valence-electron chi connectivity index (χ1n) is 10.1. The first-order chi connectivity index (χ1) is 12.1. The summed E-state index contributed by atoms with van der Waals surface area (Å²) in [7, 11) is 0. The smallest absolute Gasteiger partial charge is 0.0460 e. The van der Waals surface area contributed by atoms with Gasteiger partial charge in [-0.2, -0.15) is 0 Å². The van der Waals surface area contributed by atoms with Crippen molar-refractivity contribution in [2.45, 2.75) is 98.3 Å². The van der Waals surface area contributed by atoms with Gasteiger partial charge in [0.05, 0.1) is 0 Å². The highest BCUT2D eigenvalue weighted by atomic mass is 14.7. The average molecular weight is 369 g/mol. The van der Waals surface area contributed by atoms with Crippen LogP contribution in [0.4, 0.5) is 0 Å². The first-order valence-corrected chi connectivity index (χ1v) is 10.1. The van der Waals surface area contributed by atoms with Crippen LogP contribution in [0.15, 0.2) is 36.5 Å². The van der Waals surface area contributed by atoms with Gasteiger partial charge in [0, 0.05) is 34.1 Å². The molecular formula is C25H40N2. The fourth-order valence-electron chi connectivity index (χ4n) is 2.47. The third kappa shape index (κ3) is 7.44. The largest absolute Gasteiger partial charge is 0.260 e. The number of rotatable bonds is 1. The van der Waals surface area contributed by atoms with Crippen LogP contribution in [0, 0.1) is 0 Å². The van der Waals surface area contributed by atoms with Crippen molar-refractivity contribution in [2.75, 3.05) is 0 Å². The van der Waals surface area contributed by atoms with E-state index in [1.807, 2.05) is 6.20 Å². The Labute approximate surface area is 167 Å². The van der Waals surface area contributed by atoms with E-state index >= 15 is 0 Å². The van der Waals surface area contributed by atoms with E-state index in [-0.39, 0.29) is 16.2 Å². The summed E-state index contributed by atoms with van der Waals surface area (Å²) in [5, 5.41) is 0. The van der Waals surface area contributed by atoms with Gasteiger partial charge in [-0.25, -0.2) is 0 Å². The van der Waals surface area contributed by atoms with E-state index in [2.05, 4.69) is 116 Å². The second-order valence-corrected chi connectivity index (χ2v) is 10.8. The van der Waals surface area contributed by atoms with Gasteiger partial charge >= 0.3 is 0 Å². The highest BCUT2D eigenvalue weighted by molar-refractivity contribution is 5.24. The zero-order valence-electron chi connectivity index (χ0n) is 19.4. The van der Waals surface area contributed by atoms with Crippen LogP contribution >= 0.6 is 0 Å². The Morgan fingerprint density at radius 3 is 1.59 bits per heavy atom. The van der Waals surface area contributed by atoms with Crippen molar-refractivity contribution in [2.24, 2.45) is 0 Å². The fraction of sp³-hybridized carbons (Fsp3) is 0.600. The number of pyridine rings is 2. The highest BCUT2D eigenvalue weighted by Crippen LogP contribution is 2.25. The summed E-state index contributed by atoms with van der Waals surface area (Å²) in [6.45, 7) is 24.1. The summed E-state index contributed by atoms with van der Waals surface area (Å²) >= 11 is 0. The molecule has 0 atom stereocenters. The third-order valence-electron chi connectivity index (χ3n) is 4.53.